The second kappa shape index (κ2) is 6.47. The number of benzene rings is 1. The number of pyridine rings is 1. The van der Waals surface area contributed by atoms with Gasteiger partial charge >= 0.3 is 5.97 Å². The van der Waals surface area contributed by atoms with Gasteiger partial charge in [-0.25, -0.2) is 4.79 Å². The SMILES string of the molecule is O=C(O)c1ccc(CCNC(=O)c2ccncc2)cc1. The summed E-state index contributed by atoms with van der Waals surface area (Å²) in [4.78, 5) is 26.3. The molecule has 0 aliphatic heterocycles. The van der Waals surface area contributed by atoms with E-state index in [1.807, 2.05) is 0 Å². The van der Waals surface area contributed by atoms with Crippen LogP contribution >= 0.6 is 0 Å². The lowest BCUT2D eigenvalue weighted by molar-refractivity contribution is 0.0696. The van der Waals surface area contributed by atoms with E-state index in [2.05, 4.69) is 10.3 Å². The van der Waals surface area contributed by atoms with E-state index < -0.39 is 5.97 Å². The third kappa shape index (κ3) is 3.65. The van der Waals surface area contributed by atoms with E-state index in [0.29, 0.717) is 18.5 Å². The summed E-state index contributed by atoms with van der Waals surface area (Å²) in [5, 5.41) is 11.6. The number of aromatic nitrogens is 1. The smallest absolute Gasteiger partial charge is 0.335 e. The van der Waals surface area contributed by atoms with Crippen LogP contribution in [-0.2, 0) is 6.42 Å². The van der Waals surface area contributed by atoms with E-state index in [-0.39, 0.29) is 11.5 Å². The molecule has 5 nitrogen and oxygen atoms in total. The first-order chi connectivity index (χ1) is 9.66. The van der Waals surface area contributed by atoms with Gasteiger partial charge in [-0.15, -0.1) is 0 Å². The molecule has 5 heteroatoms. The molecule has 0 bridgehead atoms. The minimum atomic E-state index is -0.942. The fourth-order valence-electron chi connectivity index (χ4n) is 1.74. The van der Waals surface area contributed by atoms with Crippen LogP contribution in [0.2, 0.25) is 0 Å². The van der Waals surface area contributed by atoms with Crippen LogP contribution in [-0.4, -0.2) is 28.5 Å². The van der Waals surface area contributed by atoms with Gasteiger partial charge in [0.1, 0.15) is 0 Å². The number of carbonyl (C=O) groups is 2. The predicted octanol–water partition coefficient (Wildman–Crippen LogP) is 1.75. The van der Waals surface area contributed by atoms with Gasteiger partial charge in [-0.1, -0.05) is 12.1 Å². The van der Waals surface area contributed by atoms with E-state index in [1.165, 1.54) is 0 Å². The van der Waals surface area contributed by atoms with Crippen molar-refractivity contribution in [2.24, 2.45) is 0 Å². The Morgan fingerprint density at radius 2 is 1.65 bits per heavy atom. The Kier molecular flexibility index (Phi) is 4.44. The van der Waals surface area contributed by atoms with Gasteiger partial charge in [-0.3, -0.25) is 9.78 Å². The molecule has 1 amide bonds. The van der Waals surface area contributed by atoms with Crippen molar-refractivity contribution < 1.29 is 14.7 Å². The van der Waals surface area contributed by atoms with Crippen LogP contribution in [0.15, 0.2) is 48.8 Å². The third-order valence-corrected chi connectivity index (χ3v) is 2.84. The molecule has 1 aromatic heterocycles. The average Bonchev–Trinajstić information content (AvgIpc) is 2.48. The molecule has 0 radical (unpaired) electrons. The molecule has 0 spiro atoms. The lowest BCUT2D eigenvalue weighted by atomic mass is 10.1. The van der Waals surface area contributed by atoms with E-state index in [9.17, 15) is 9.59 Å². The number of rotatable bonds is 5. The summed E-state index contributed by atoms with van der Waals surface area (Å²) >= 11 is 0. The third-order valence-electron chi connectivity index (χ3n) is 2.84. The standard InChI is InChI=1S/C15H14N2O3/c18-14(12-6-8-16-9-7-12)17-10-5-11-1-3-13(4-2-11)15(19)20/h1-4,6-9H,5,10H2,(H,17,18)(H,19,20). The molecule has 1 heterocycles. The first-order valence-corrected chi connectivity index (χ1v) is 6.17. The summed E-state index contributed by atoms with van der Waals surface area (Å²) in [6.45, 7) is 0.494. The highest BCUT2D eigenvalue weighted by molar-refractivity contribution is 5.93. The van der Waals surface area contributed by atoms with Crippen LogP contribution < -0.4 is 5.32 Å². The Morgan fingerprint density at radius 3 is 2.25 bits per heavy atom. The number of nitrogens with zero attached hydrogens (tertiary/aromatic N) is 1. The van der Waals surface area contributed by atoms with Crippen LogP contribution in [0.3, 0.4) is 0 Å². The van der Waals surface area contributed by atoms with Gasteiger partial charge in [0.15, 0.2) is 0 Å². The minimum absolute atomic E-state index is 0.144. The van der Waals surface area contributed by atoms with Gasteiger partial charge in [0.05, 0.1) is 5.56 Å². The van der Waals surface area contributed by atoms with Crippen molar-refractivity contribution in [2.45, 2.75) is 6.42 Å². The van der Waals surface area contributed by atoms with Crippen molar-refractivity contribution >= 4 is 11.9 Å². The summed E-state index contributed by atoms with van der Waals surface area (Å²) < 4.78 is 0. The molecular formula is C15H14N2O3. The van der Waals surface area contributed by atoms with Gasteiger partial charge in [0.2, 0.25) is 0 Å². The van der Waals surface area contributed by atoms with E-state index in [4.69, 9.17) is 5.11 Å². The monoisotopic (exact) mass is 270 g/mol. The first-order valence-electron chi connectivity index (χ1n) is 6.17. The first kappa shape index (κ1) is 13.7. The molecular weight excluding hydrogens is 256 g/mol. The van der Waals surface area contributed by atoms with Gasteiger partial charge in [0.25, 0.3) is 5.91 Å². The summed E-state index contributed by atoms with van der Waals surface area (Å²) in [5.41, 5.74) is 1.81. The van der Waals surface area contributed by atoms with Crippen LogP contribution in [0.4, 0.5) is 0 Å². The second-order valence-corrected chi connectivity index (χ2v) is 4.24. The topological polar surface area (TPSA) is 79.3 Å². The van der Waals surface area contributed by atoms with Crippen molar-refractivity contribution in [3.05, 3.63) is 65.5 Å². The highest BCUT2D eigenvalue weighted by atomic mass is 16.4. The van der Waals surface area contributed by atoms with Gasteiger partial charge in [0, 0.05) is 24.5 Å². The molecule has 1 aromatic carbocycles. The van der Waals surface area contributed by atoms with Crippen LogP contribution in [0.1, 0.15) is 26.3 Å². The Balaban J connectivity index is 1.84. The minimum Gasteiger partial charge on any atom is -0.478 e. The number of aromatic carboxylic acids is 1. The molecule has 20 heavy (non-hydrogen) atoms. The number of amides is 1. The van der Waals surface area contributed by atoms with E-state index in [0.717, 1.165) is 5.56 Å². The van der Waals surface area contributed by atoms with Crippen molar-refractivity contribution in [3.8, 4) is 0 Å². The lowest BCUT2D eigenvalue weighted by Crippen LogP contribution is -2.25. The molecule has 0 aliphatic carbocycles. The molecule has 0 atom stereocenters. The number of carbonyl (C=O) groups excluding carboxylic acids is 1. The van der Waals surface area contributed by atoms with Crippen molar-refractivity contribution in [2.75, 3.05) is 6.54 Å². The highest BCUT2D eigenvalue weighted by Crippen LogP contribution is 2.05. The van der Waals surface area contributed by atoms with E-state index >= 15 is 0 Å². The summed E-state index contributed by atoms with van der Waals surface area (Å²) in [6.07, 6.45) is 3.79. The highest BCUT2D eigenvalue weighted by Gasteiger charge is 2.04. The maximum absolute atomic E-state index is 11.8. The van der Waals surface area contributed by atoms with Crippen molar-refractivity contribution in [1.29, 1.82) is 0 Å². The Hall–Kier alpha value is -2.69. The molecule has 0 unspecified atom stereocenters. The van der Waals surface area contributed by atoms with Gasteiger partial charge in [-0.05, 0) is 36.2 Å². The Bertz CT molecular complexity index is 594. The number of carboxylic acids is 1. The van der Waals surface area contributed by atoms with Gasteiger partial charge < -0.3 is 10.4 Å². The Morgan fingerprint density at radius 1 is 1.00 bits per heavy atom. The number of hydrogen-bond donors (Lipinski definition) is 2. The fourth-order valence-corrected chi connectivity index (χ4v) is 1.74. The quantitative estimate of drug-likeness (QED) is 0.867. The average molecular weight is 270 g/mol. The maximum atomic E-state index is 11.8. The second-order valence-electron chi connectivity index (χ2n) is 4.24. The van der Waals surface area contributed by atoms with Crippen LogP contribution in [0.25, 0.3) is 0 Å². The normalized spacial score (nSPS) is 10.0. The molecule has 2 N–H and O–H groups in total. The molecule has 2 rings (SSSR count). The van der Waals surface area contributed by atoms with Gasteiger partial charge in [-0.2, -0.15) is 0 Å². The Labute approximate surface area is 116 Å². The predicted molar refractivity (Wildman–Crippen MR) is 73.7 cm³/mol. The number of carboxylic acid groups (broad SMARTS) is 1. The van der Waals surface area contributed by atoms with E-state index in [1.54, 1.807) is 48.8 Å². The summed E-state index contributed by atoms with van der Waals surface area (Å²) in [6, 6.07) is 9.92. The fraction of sp³-hybridized carbons (Fsp3) is 0.133. The molecule has 0 fully saturated rings. The molecule has 0 aliphatic rings. The lowest BCUT2D eigenvalue weighted by Gasteiger charge is -2.05. The molecule has 0 saturated carbocycles. The number of hydrogen-bond acceptors (Lipinski definition) is 3. The zero-order valence-electron chi connectivity index (χ0n) is 10.7. The summed E-state index contributed by atoms with van der Waals surface area (Å²) in [7, 11) is 0. The zero-order valence-corrected chi connectivity index (χ0v) is 10.7. The molecule has 102 valence electrons. The maximum Gasteiger partial charge on any atom is 0.335 e. The van der Waals surface area contributed by atoms with Crippen LogP contribution in [0, 0.1) is 0 Å². The number of nitrogens with one attached hydrogen (secondary N) is 1. The van der Waals surface area contributed by atoms with Crippen LogP contribution in [0.5, 0.6) is 0 Å². The largest absolute Gasteiger partial charge is 0.478 e. The molecule has 0 saturated heterocycles. The summed E-state index contributed by atoms with van der Waals surface area (Å²) in [5.74, 6) is -1.09. The van der Waals surface area contributed by atoms with Crippen molar-refractivity contribution in [3.63, 3.8) is 0 Å². The zero-order chi connectivity index (χ0) is 14.4. The van der Waals surface area contributed by atoms with Crippen molar-refractivity contribution in [1.82, 2.24) is 10.3 Å². The molecule has 2 aromatic rings.